The van der Waals surface area contributed by atoms with Gasteiger partial charge in [0, 0.05) is 11.6 Å². The monoisotopic (exact) mass is 402 g/mol. The predicted octanol–water partition coefficient (Wildman–Crippen LogP) is 4.43. The third-order valence-electron chi connectivity index (χ3n) is 3.69. The Morgan fingerprint density at radius 2 is 1.72 bits per heavy atom. The molecule has 0 saturated carbocycles. The van der Waals surface area contributed by atoms with Crippen LogP contribution in [0.25, 0.3) is 16.9 Å². The van der Waals surface area contributed by atoms with Crippen LogP contribution in [-0.4, -0.2) is 19.6 Å². The first-order chi connectivity index (χ1) is 11.9. The van der Waals surface area contributed by atoms with Crippen molar-refractivity contribution in [2.45, 2.75) is 6.92 Å². The zero-order chi connectivity index (χ0) is 18.1. The largest absolute Gasteiger partial charge is 0.301 e. The molecular weight excluding hydrogens is 392 g/mol. The van der Waals surface area contributed by atoms with Crippen LogP contribution in [0.1, 0.15) is 5.69 Å². The van der Waals surface area contributed by atoms with Gasteiger partial charge in [-0.25, -0.2) is 4.68 Å². The van der Waals surface area contributed by atoms with Gasteiger partial charge in [-0.1, -0.05) is 30.3 Å². The minimum atomic E-state index is -0.669. The molecule has 0 unspecified atom stereocenters. The number of nitrogens with zero attached hydrogens (tertiary/aromatic N) is 4. The Balaban J connectivity index is 2.21. The van der Waals surface area contributed by atoms with Gasteiger partial charge in [0.05, 0.1) is 26.1 Å². The second-order valence-electron chi connectivity index (χ2n) is 5.21. The summed E-state index contributed by atoms with van der Waals surface area (Å²) in [7, 11) is 0. The fourth-order valence-corrected chi connectivity index (χ4v) is 2.93. The molecule has 126 valence electrons. The summed E-state index contributed by atoms with van der Waals surface area (Å²) in [6.07, 6.45) is 0. The van der Waals surface area contributed by atoms with Crippen LogP contribution in [0.4, 0.5) is 11.4 Å². The number of benzene rings is 2. The van der Waals surface area contributed by atoms with Crippen LogP contribution in [0.5, 0.6) is 0 Å². The van der Waals surface area contributed by atoms with Gasteiger partial charge in [0.15, 0.2) is 0 Å². The molecule has 0 aliphatic rings. The van der Waals surface area contributed by atoms with Crippen LogP contribution in [0.3, 0.4) is 0 Å². The van der Waals surface area contributed by atoms with Crippen LogP contribution in [0, 0.1) is 27.2 Å². The van der Waals surface area contributed by atoms with Crippen molar-refractivity contribution in [2.24, 2.45) is 0 Å². The summed E-state index contributed by atoms with van der Waals surface area (Å²) >= 11 is 3.47. The Hall–Kier alpha value is -3.07. The van der Waals surface area contributed by atoms with Gasteiger partial charge in [-0.2, -0.15) is 5.10 Å². The van der Waals surface area contributed by atoms with Crippen LogP contribution < -0.4 is 0 Å². The molecule has 9 heteroatoms. The zero-order valence-electron chi connectivity index (χ0n) is 12.9. The van der Waals surface area contributed by atoms with Gasteiger partial charge in [-0.3, -0.25) is 20.2 Å². The van der Waals surface area contributed by atoms with E-state index in [4.69, 9.17) is 0 Å². The molecule has 25 heavy (non-hydrogen) atoms. The summed E-state index contributed by atoms with van der Waals surface area (Å²) in [5.41, 5.74) is 1.56. The highest BCUT2D eigenvalue weighted by Gasteiger charge is 2.24. The second kappa shape index (κ2) is 6.44. The number of hydrogen-bond donors (Lipinski definition) is 0. The van der Waals surface area contributed by atoms with E-state index in [-0.39, 0.29) is 17.1 Å². The van der Waals surface area contributed by atoms with Gasteiger partial charge < -0.3 is 0 Å². The Bertz CT molecular complexity index is 985. The van der Waals surface area contributed by atoms with Crippen molar-refractivity contribution in [3.8, 4) is 16.9 Å². The first kappa shape index (κ1) is 16.8. The summed E-state index contributed by atoms with van der Waals surface area (Å²) < 4.78 is 2.11. The van der Waals surface area contributed by atoms with E-state index in [1.54, 1.807) is 6.92 Å². The minimum Gasteiger partial charge on any atom is -0.258 e. The van der Waals surface area contributed by atoms with Gasteiger partial charge in [-0.05, 0) is 28.9 Å². The first-order valence-electron chi connectivity index (χ1n) is 7.14. The smallest absolute Gasteiger partial charge is 0.258 e. The van der Waals surface area contributed by atoms with Gasteiger partial charge in [-0.15, -0.1) is 0 Å². The fourth-order valence-electron chi connectivity index (χ4n) is 2.45. The van der Waals surface area contributed by atoms with E-state index in [0.717, 1.165) is 11.6 Å². The van der Waals surface area contributed by atoms with Gasteiger partial charge in [0.25, 0.3) is 5.69 Å². The van der Waals surface area contributed by atoms with E-state index in [1.165, 1.54) is 16.8 Å². The molecule has 0 N–H and O–H groups in total. The van der Waals surface area contributed by atoms with Crippen molar-refractivity contribution in [2.75, 3.05) is 0 Å². The highest BCUT2D eigenvalue weighted by molar-refractivity contribution is 9.10. The van der Waals surface area contributed by atoms with Crippen LogP contribution in [-0.2, 0) is 0 Å². The molecule has 0 radical (unpaired) electrons. The van der Waals surface area contributed by atoms with Gasteiger partial charge in [0.2, 0.25) is 0 Å². The summed E-state index contributed by atoms with van der Waals surface area (Å²) in [6.45, 7) is 1.76. The lowest BCUT2D eigenvalue weighted by molar-refractivity contribution is -0.394. The lowest BCUT2D eigenvalue weighted by Crippen LogP contribution is -2.04. The average Bonchev–Trinajstić information content (AvgIpc) is 2.90. The summed E-state index contributed by atoms with van der Waals surface area (Å²) in [5.74, 6) is 0. The van der Waals surface area contributed by atoms with E-state index >= 15 is 0 Å². The SMILES string of the molecule is Cc1c(Br)c(-c2ccccc2)nn1-c1ccc([N+](=O)[O-])cc1[N+](=O)[O-]. The molecule has 0 amide bonds. The number of rotatable bonds is 4. The number of aromatic nitrogens is 2. The average molecular weight is 403 g/mol. The van der Waals surface area contributed by atoms with E-state index in [0.29, 0.717) is 15.9 Å². The molecule has 0 aliphatic heterocycles. The molecule has 1 heterocycles. The lowest BCUT2D eigenvalue weighted by atomic mass is 10.1. The van der Waals surface area contributed by atoms with E-state index < -0.39 is 9.85 Å². The molecule has 8 nitrogen and oxygen atoms in total. The van der Waals surface area contributed by atoms with E-state index in [9.17, 15) is 20.2 Å². The standard InChI is InChI=1S/C16H11BrN4O4/c1-10-15(17)16(11-5-3-2-4-6-11)18-19(10)13-8-7-12(20(22)23)9-14(13)21(24)25/h2-9H,1H3. The molecule has 3 rings (SSSR count). The highest BCUT2D eigenvalue weighted by Crippen LogP contribution is 2.34. The molecular formula is C16H11BrN4O4. The predicted molar refractivity (Wildman–Crippen MR) is 94.7 cm³/mol. The van der Waals surface area contributed by atoms with Crippen LogP contribution in [0.15, 0.2) is 53.0 Å². The summed E-state index contributed by atoms with van der Waals surface area (Å²) in [4.78, 5) is 20.9. The van der Waals surface area contributed by atoms with Crippen molar-refractivity contribution in [3.63, 3.8) is 0 Å². The second-order valence-corrected chi connectivity index (χ2v) is 6.01. The number of non-ortho nitro benzene ring substituents is 1. The first-order valence-corrected chi connectivity index (χ1v) is 7.93. The number of hydrogen-bond acceptors (Lipinski definition) is 5. The Morgan fingerprint density at radius 1 is 1.04 bits per heavy atom. The zero-order valence-corrected chi connectivity index (χ0v) is 14.5. The minimum absolute atomic E-state index is 0.163. The number of nitro groups is 2. The molecule has 0 aliphatic carbocycles. The number of nitro benzene ring substituents is 2. The maximum Gasteiger partial charge on any atom is 0.301 e. The van der Waals surface area contributed by atoms with Crippen LogP contribution in [0.2, 0.25) is 0 Å². The normalized spacial score (nSPS) is 10.6. The Labute approximate surface area is 150 Å². The van der Waals surface area contributed by atoms with Crippen molar-refractivity contribution in [3.05, 3.63) is 78.9 Å². The Kier molecular flexibility index (Phi) is 4.32. The third kappa shape index (κ3) is 3.01. The van der Waals surface area contributed by atoms with Crippen molar-refractivity contribution >= 4 is 27.3 Å². The quantitative estimate of drug-likeness (QED) is 0.474. The highest BCUT2D eigenvalue weighted by atomic mass is 79.9. The van der Waals surface area contributed by atoms with Gasteiger partial charge >= 0.3 is 5.69 Å². The summed E-state index contributed by atoms with van der Waals surface area (Å²) in [5, 5.41) is 26.7. The maximum absolute atomic E-state index is 11.4. The summed E-state index contributed by atoms with van der Waals surface area (Å²) in [6, 6.07) is 12.9. The van der Waals surface area contributed by atoms with Gasteiger partial charge in [0.1, 0.15) is 11.4 Å². The molecule has 0 atom stereocenters. The Morgan fingerprint density at radius 3 is 2.32 bits per heavy atom. The molecule has 0 bridgehead atoms. The topological polar surface area (TPSA) is 104 Å². The molecule has 3 aromatic rings. The fraction of sp³-hybridized carbons (Fsp3) is 0.0625. The van der Waals surface area contributed by atoms with Crippen molar-refractivity contribution < 1.29 is 9.85 Å². The van der Waals surface area contributed by atoms with Crippen molar-refractivity contribution in [1.82, 2.24) is 9.78 Å². The molecule has 0 spiro atoms. The molecule has 0 saturated heterocycles. The maximum atomic E-state index is 11.4. The molecule has 2 aromatic carbocycles. The third-order valence-corrected chi connectivity index (χ3v) is 4.63. The van der Waals surface area contributed by atoms with E-state index in [2.05, 4.69) is 21.0 Å². The lowest BCUT2D eigenvalue weighted by Gasteiger charge is -2.05. The molecule has 0 fully saturated rings. The van der Waals surface area contributed by atoms with Crippen LogP contribution >= 0.6 is 15.9 Å². The molecule has 1 aromatic heterocycles. The van der Waals surface area contributed by atoms with E-state index in [1.807, 2.05) is 30.3 Å². The number of halogens is 1. The van der Waals surface area contributed by atoms with Crippen molar-refractivity contribution in [1.29, 1.82) is 0 Å².